The van der Waals surface area contributed by atoms with Gasteiger partial charge in [-0.15, -0.1) is 0 Å². The van der Waals surface area contributed by atoms with Gasteiger partial charge in [0.25, 0.3) is 23.6 Å². The Labute approximate surface area is 319 Å². The lowest BCUT2D eigenvalue weighted by molar-refractivity contribution is -0.118. The SMILES string of the molecule is COc1cc2cc(c1)C(=O)Nc1cccc(n1)NC(=O)COc1ccc3ccccc3c1-c1c(ccc3ccccc13)OCC(=O)Nc1cccc(n1)NC2=O. The first-order valence-electron chi connectivity index (χ1n) is 17.5. The molecule has 56 heavy (non-hydrogen) atoms. The standard InChI is InChI=1S/C43H32N6O7/c1-54-29-21-27-20-28(22-29)43(53)49-37-15-7-13-35(45-37)47-39(51)24-56-33-19-17-26-9-3-5-11-31(26)41(33)40-30-10-4-2-8-25(30)16-18-32(40)55-23-38(50)46-34-12-6-14-36(44-34)48-42(27)52/h2-22H,23-24H2,1H3,(H2,44,46,48,50,52)(H2,45,47,49,51,53). The zero-order valence-corrected chi connectivity index (χ0v) is 29.8. The van der Waals surface area contributed by atoms with Crippen molar-refractivity contribution >= 4 is 68.4 Å². The number of hydrogen-bond acceptors (Lipinski definition) is 9. The van der Waals surface area contributed by atoms with E-state index < -0.39 is 23.6 Å². The summed E-state index contributed by atoms with van der Waals surface area (Å²) in [5, 5.41) is 14.4. The summed E-state index contributed by atoms with van der Waals surface area (Å²) in [6.45, 7) is -0.763. The number of nitrogens with zero attached hydrogens (tertiary/aromatic N) is 2. The van der Waals surface area contributed by atoms with Gasteiger partial charge in [-0.2, -0.15) is 0 Å². The Morgan fingerprint density at radius 3 is 1.38 bits per heavy atom. The lowest BCUT2D eigenvalue weighted by atomic mass is 9.92. The fourth-order valence-corrected chi connectivity index (χ4v) is 6.41. The van der Waals surface area contributed by atoms with Crippen molar-refractivity contribution in [3.05, 3.63) is 139 Å². The van der Waals surface area contributed by atoms with E-state index in [2.05, 4.69) is 31.2 Å². The minimum Gasteiger partial charge on any atom is -0.497 e. The molecule has 4 amide bonds. The molecule has 7 aromatic rings. The summed E-state index contributed by atoms with van der Waals surface area (Å²) in [5.74, 6) is -0.452. The lowest BCUT2D eigenvalue weighted by Crippen LogP contribution is -2.22. The average Bonchev–Trinajstić information content (AvgIpc) is 3.21. The molecular formula is C43H32N6O7. The smallest absolute Gasteiger partial charge is 0.263 e. The number of rotatable bonds is 1. The molecule has 5 aromatic carbocycles. The van der Waals surface area contributed by atoms with Crippen LogP contribution < -0.4 is 35.5 Å². The maximum absolute atomic E-state index is 13.4. The van der Waals surface area contributed by atoms with Crippen LogP contribution in [0.5, 0.6) is 17.2 Å². The van der Waals surface area contributed by atoms with Crippen molar-refractivity contribution in [2.75, 3.05) is 41.6 Å². The molecule has 0 saturated heterocycles. The third kappa shape index (κ3) is 7.50. The summed E-state index contributed by atoms with van der Waals surface area (Å²) in [4.78, 5) is 62.3. The first-order valence-corrected chi connectivity index (χ1v) is 17.5. The number of aromatic nitrogens is 2. The predicted octanol–water partition coefficient (Wildman–Crippen LogP) is 7.31. The molecule has 4 N–H and O–H groups in total. The zero-order valence-electron chi connectivity index (χ0n) is 29.8. The van der Waals surface area contributed by atoms with Gasteiger partial charge in [0, 0.05) is 22.3 Å². The van der Waals surface area contributed by atoms with Gasteiger partial charge in [-0.25, -0.2) is 9.97 Å². The first kappa shape index (κ1) is 35.2. The van der Waals surface area contributed by atoms with Crippen molar-refractivity contribution in [3.8, 4) is 28.4 Å². The Bertz CT molecular complexity index is 2520. The van der Waals surface area contributed by atoms with Gasteiger partial charge in [0.1, 0.15) is 40.5 Å². The van der Waals surface area contributed by atoms with Crippen molar-refractivity contribution in [1.82, 2.24) is 9.97 Å². The Hall–Kier alpha value is -7.80. The van der Waals surface area contributed by atoms with Gasteiger partial charge < -0.3 is 35.5 Å². The third-order valence-corrected chi connectivity index (χ3v) is 8.93. The molecule has 0 unspecified atom stereocenters. The van der Waals surface area contributed by atoms with E-state index in [-0.39, 0.29) is 53.4 Å². The number of amides is 4. The Kier molecular flexibility index (Phi) is 9.62. The largest absolute Gasteiger partial charge is 0.497 e. The molecule has 6 bridgehead atoms. The van der Waals surface area contributed by atoms with Gasteiger partial charge in [0.2, 0.25) is 0 Å². The van der Waals surface area contributed by atoms with Crippen LogP contribution in [-0.4, -0.2) is 53.9 Å². The van der Waals surface area contributed by atoms with Crippen molar-refractivity contribution in [1.29, 1.82) is 0 Å². The van der Waals surface area contributed by atoms with E-state index in [0.717, 1.165) is 21.5 Å². The minimum absolute atomic E-state index is 0.110. The van der Waals surface area contributed by atoms with Gasteiger partial charge in [-0.1, -0.05) is 72.8 Å². The van der Waals surface area contributed by atoms with Crippen LogP contribution in [0.2, 0.25) is 0 Å². The van der Waals surface area contributed by atoms with Crippen LogP contribution in [0.25, 0.3) is 32.7 Å². The highest BCUT2D eigenvalue weighted by Gasteiger charge is 2.21. The maximum atomic E-state index is 13.4. The summed E-state index contributed by atoms with van der Waals surface area (Å²) >= 11 is 0. The molecule has 0 aliphatic carbocycles. The van der Waals surface area contributed by atoms with Crippen molar-refractivity contribution in [2.24, 2.45) is 0 Å². The van der Waals surface area contributed by atoms with Crippen molar-refractivity contribution in [3.63, 3.8) is 0 Å². The van der Waals surface area contributed by atoms with E-state index >= 15 is 0 Å². The van der Waals surface area contributed by atoms with Gasteiger partial charge in [0.15, 0.2) is 13.2 Å². The topological polar surface area (TPSA) is 170 Å². The van der Waals surface area contributed by atoms with Gasteiger partial charge >= 0.3 is 0 Å². The molecule has 2 aromatic heterocycles. The zero-order chi connectivity index (χ0) is 38.6. The highest BCUT2D eigenvalue weighted by atomic mass is 16.5. The van der Waals surface area contributed by atoms with Crippen LogP contribution in [0, 0.1) is 0 Å². The number of ether oxygens (including phenoxy) is 3. The lowest BCUT2D eigenvalue weighted by Gasteiger charge is -2.19. The molecule has 0 spiro atoms. The molecule has 0 fully saturated rings. The Morgan fingerprint density at radius 2 is 0.929 bits per heavy atom. The average molecular weight is 745 g/mol. The van der Waals surface area contributed by atoms with Gasteiger partial charge in [-0.05, 0) is 76.1 Å². The van der Waals surface area contributed by atoms with Crippen LogP contribution in [-0.2, 0) is 9.59 Å². The minimum atomic E-state index is -0.579. The second-order valence-corrected chi connectivity index (χ2v) is 12.7. The van der Waals surface area contributed by atoms with Crippen LogP contribution in [0.15, 0.2) is 127 Å². The second-order valence-electron chi connectivity index (χ2n) is 12.7. The summed E-state index contributed by atoms with van der Waals surface area (Å²) in [5.41, 5.74) is 1.56. The summed E-state index contributed by atoms with van der Waals surface area (Å²) in [6, 6.07) is 36.8. The van der Waals surface area contributed by atoms with Crippen molar-refractivity contribution in [2.45, 2.75) is 0 Å². The van der Waals surface area contributed by atoms with E-state index in [1.165, 1.54) is 25.3 Å². The third-order valence-electron chi connectivity index (χ3n) is 8.93. The van der Waals surface area contributed by atoms with Gasteiger partial charge in [0.05, 0.1) is 7.11 Å². The number of methoxy groups -OCH3 is 1. The quantitative estimate of drug-likeness (QED) is 0.135. The fourth-order valence-electron chi connectivity index (χ4n) is 6.41. The van der Waals surface area contributed by atoms with E-state index in [1.54, 1.807) is 48.5 Å². The van der Waals surface area contributed by atoms with E-state index in [0.29, 0.717) is 22.6 Å². The highest BCUT2D eigenvalue weighted by molar-refractivity contribution is 6.11. The van der Waals surface area contributed by atoms with E-state index in [1.807, 2.05) is 60.7 Å². The monoisotopic (exact) mass is 744 g/mol. The number of carbonyl (C=O) groups is 4. The number of anilines is 4. The number of benzene rings is 5. The number of carbonyl (C=O) groups excluding carboxylic acids is 4. The van der Waals surface area contributed by atoms with Crippen LogP contribution >= 0.6 is 0 Å². The normalized spacial score (nSPS) is 13.6. The molecule has 0 saturated carbocycles. The predicted molar refractivity (Wildman–Crippen MR) is 213 cm³/mol. The number of nitrogens with one attached hydrogen (secondary N) is 4. The first-order chi connectivity index (χ1) is 27.3. The second kappa shape index (κ2) is 15.3. The van der Waals surface area contributed by atoms with Crippen LogP contribution in [0.1, 0.15) is 20.7 Å². The highest BCUT2D eigenvalue weighted by Crippen LogP contribution is 2.45. The molecule has 0 atom stereocenters. The van der Waals surface area contributed by atoms with E-state index in [9.17, 15) is 19.2 Å². The molecule has 276 valence electrons. The molecule has 1 aliphatic heterocycles. The fraction of sp³-hybridized carbons (Fsp3) is 0.0698. The summed E-state index contributed by atoms with van der Waals surface area (Å²) in [6.07, 6.45) is 0. The molecule has 3 heterocycles. The van der Waals surface area contributed by atoms with E-state index in [4.69, 9.17) is 14.2 Å². The molecular weight excluding hydrogens is 713 g/mol. The van der Waals surface area contributed by atoms with Crippen LogP contribution in [0.4, 0.5) is 23.3 Å². The summed E-state index contributed by atoms with van der Waals surface area (Å²) in [7, 11) is 1.41. The van der Waals surface area contributed by atoms with Crippen LogP contribution in [0.3, 0.4) is 0 Å². The summed E-state index contributed by atoms with van der Waals surface area (Å²) < 4.78 is 17.9. The van der Waals surface area contributed by atoms with Crippen molar-refractivity contribution < 1.29 is 33.4 Å². The van der Waals surface area contributed by atoms with Gasteiger partial charge in [-0.3, -0.25) is 19.2 Å². The Balaban J connectivity index is 1.21. The molecule has 13 heteroatoms. The number of pyridine rings is 2. The number of hydrogen-bond donors (Lipinski definition) is 4. The maximum Gasteiger partial charge on any atom is 0.263 e. The molecule has 8 rings (SSSR count). The number of fused-ring (bicyclic) bond motifs is 13. The Morgan fingerprint density at radius 1 is 0.500 bits per heavy atom. The molecule has 0 radical (unpaired) electrons. The molecule has 1 aliphatic rings. The molecule has 13 nitrogen and oxygen atoms in total.